The van der Waals surface area contributed by atoms with Gasteiger partial charge < -0.3 is 10.2 Å². The smallest absolute Gasteiger partial charge is 0.140 e. The van der Waals surface area contributed by atoms with Crippen molar-refractivity contribution in [2.24, 2.45) is 0 Å². The van der Waals surface area contributed by atoms with Gasteiger partial charge in [0.15, 0.2) is 0 Å². The SMILES string of the molecule is Cc1cnc(NCCCN(C)Cc2ccccc2)c(Br)c1. The third-order valence-corrected chi connectivity index (χ3v) is 3.89. The quantitative estimate of drug-likeness (QED) is 0.764. The molecule has 1 aromatic carbocycles. The fourth-order valence-electron chi connectivity index (χ4n) is 2.19. The van der Waals surface area contributed by atoms with Gasteiger partial charge in [0.2, 0.25) is 0 Å². The van der Waals surface area contributed by atoms with Gasteiger partial charge in [-0.2, -0.15) is 0 Å². The summed E-state index contributed by atoms with van der Waals surface area (Å²) < 4.78 is 1.03. The molecule has 0 aliphatic carbocycles. The molecule has 0 spiro atoms. The van der Waals surface area contributed by atoms with Gasteiger partial charge in [0.1, 0.15) is 5.82 Å². The number of halogens is 1. The summed E-state index contributed by atoms with van der Waals surface area (Å²) in [6, 6.07) is 12.7. The van der Waals surface area contributed by atoms with E-state index in [0.717, 1.165) is 41.9 Å². The molecule has 0 saturated heterocycles. The number of aromatic nitrogens is 1. The maximum atomic E-state index is 4.39. The van der Waals surface area contributed by atoms with E-state index in [4.69, 9.17) is 0 Å². The number of nitrogens with zero attached hydrogens (tertiary/aromatic N) is 2. The van der Waals surface area contributed by atoms with Crippen molar-refractivity contribution in [3.63, 3.8) is 0 Å². The molecule has 2 rings (SSSR count). The number of hydrogen-bond donors (Lipinski definition) is 1. The summed E-state index contributed by atoms with van der Waals surface area (Å²) in [4.78, 5) is 6.73. The highest BCUT2D eigenvalue weighted by Gasteiger charge is 2.02. The minimum absolute atomic E-state index is 0.923. The average molecular weight is 348 g/mol. The molecular formula is C17H22BrN3. The average Bonchev–Trinajstić information content (AvgIpc) is 2.46. The van der Waals surface area contributed by atoms with Gasteiger partial charge in [0.25, 0.3) is 0 Å². The van der Waals surface area contributed by atoms with E-state index in [1.54, 1.807) is 0 Å². The van der Waals surface area contributed by atoms with Crippen molar-refractivity contribution in [3.05, 3.63) is 58.2 Å². The molecule has 0 aliphatic rings. The maximum absolute atomic E-state index is 4.39. The highest BCUT2D eigenvalue weighted by atomic mass is 79.9. The zero-order valence-corrected chi connectivity index (χ0v) is 14.2. The monoisotopic (exact) mass is 347 g/mol. The van der Waals surface area contributed by atoms with E-state index < -0.39 is 0 Å². The van der Waals surface area contributed by atoms with Gasteiger partial charge >= 0.3 is 0 Å². The zero-order chi connectivity index (χ0) is 15.1. The Morgan fingerprint density at radius 2 is 2.00 bits per heavy atom. The molecule has 112 valence electrons. The van der Waals surface area contributed by atoms with Crippen molar-refractivity contribution in [2.75, 3.05) is 25.5 Å². The van der Waals surface area contributed by atoms with Crippen LogP contribution in [0.25, 0.3) is 0 Å². The molecule has 0 saturated carbocycles. The number of hydrogen-bond acceptors (Lipinski definition) is 3. The molecule has 1 heterocycles. The number of pyridine rings is 1. The first kappa shape index (κ1) is 16.0. The summed E-state index contributed by atoms with van der Waals surface area (Å²) in [6.45, 7) is 5.02. The van der Waals surface area contributed by atoms with Gasteiger partial charge in [-0.05, 0) is 60.1 Å². The van der Waals surface area contributed by atoms with Crippen LogP contribution in [-0.4, -0.2) is 30.0 Å². The van der Waals surface area contributed by atoms with Crippen LogP contribution in [0.1, 0.15) is 17.5 Å². The summed E-state index contributed by atoms with van der Waals surface area (Å²) in [5.74, 6) is 0.923. The lowest BCUT2D eigenvalue weighted by Gasteiger charge is -2.17. The van der Waals surface area contributed by atoms with E-state index in [2.05, 4.69) is 74.6 Å². The Balaban J connectivity index is 1.69. The van der Waals surface area contributed by atoms with Crippen LogP contribution in [-0.2, 0) is 6.54 Å². The van der Waals surface area contributed by atoms with Crippen LogP contribution in [0.4, 0.5) is 5.82 Å². The highest BCUT2D eigenvalue weighted by Crippen LogP contribution is 2.20. The van der Waals surface area contributed by atoms with Crippen molar-refractivity contribution in [3.8, 4) is 0 Å². The lowest BCUT2D eigenvalue weighted by atomic mass is 10.2. The third-order valence-electron chi connectivity index (χ3n) is 3.28. The third kappa shape index (κ3) is 5.48. The molecule has 3 nitrogen and oxygen atoms in total. The molecule has 4 heteroatoms. The number of rotatable bonds is 7. The fraction of sp³-hybridized carbons (Fsp3) is 0.353. The van der Waals surface area contributed by atoms with Gasteiger partial charge in [0, 0.05) is 19.3 Å². The van der Waals surface area contributed by atoms with Crippen LogP contribution in [0.5, 0.6) is 0 Å². The molecule has 21 heavy (non-hydrogen) atoms. The Hall–Kier alpha value is -1.39. The predicted molar refractivity (Wildman–Crippen MR) is 92.6 cm³/mol. The number of anilines is 1. The Kier molecular flexibility index (Phi) is 6.21. The molecule has 1 N–H and O–H groups in total. The van der Waals surface area contributed by atoms with E-state index in [1.807, 2.05) is 13.1 Å². The molecule has 0 fully saturated rings. The first-order chi connectivity index (χ1) is 10.1. The normalized spacial score (nSPS) is 10.9. The van der Waals surface area contributed by atoms with E-state index in [-0.39, 0.29) is 0 Å². The van der Waals surface area contributed by atoms with E-state index in [0.29, 0.717) is 0 Å². The highest BCUT2D eigenvalue weighted by molar-refractivity contribution is 9.10. The standard InChI is InChI=1S/C17H22BrN3/c1-14-11-16(18)17(20-12-14)19-9-6-10-21(2)13-15-7-4-3-5-8-15/h3-5,7-8,11-12H,6,9-10,13H2,1-2H3,(H,19,20). The number of nitrogens with one attached hydrogen (secondary N) is 1. The lowest BCUT2D eigenvalue weighted by molar-refractivity contribution is 0.325. The maximum Gasteiger partial charge on any atom is 0.140 e. The number of aryl methyl sites for hydroxylation is 1. The molecule has 0 unspecified atom stereocenters. The Morgan fingerprint density at radius 1 is 1.24 bits per heavy atom. The molecule has 1 aromatic heterocycles. The molecule has 0 amide bonds. The van der Waals surface area contributed by atoms with E-state index >= 15 is 0 Å². The summed E-state index contributed by atoms with van der Waals surface area (Å²) in [6.07, 6.45) is 2.97. The van der Waals surface area contributed by atoms with Gasteiger partial charge in [-0.3, -0.25) is 0 Å². The van der Waals surface area contributed by atoms with E-state index in [9.17, 15) is 0 Å². The Bertz CT molecular complexity index is 557. The summed E-state index contributed by atoms with van der Waals surface area (Å²) in [5, 5.41) is 3.37. The molecule has 0 radical (unpaired) electrons. The summed E-state index contributed by atoms with van der Waals surface area (Å²) >= 11 is 3.54. The second-order valence-electron chi connectivity index (χ2n) is 5.35. The van der Waals surface area contributed by atoms with Gasteiger partial charge in [-0.15, -0.1) is 0 Å². The van der Waals surface area contributed by atoms with Crippen LogP contribution in [0.15, 0.2) is 47.1 Å². The van der Waals surface area contributed by atoms with Gasteiger partial charge in [0.05, 0.1) is 4.47 Å². The zero-order valence-electron chi connectivity index (χ0n) is 12.6. The molecule has 0 atom stereocenters. The van der Waals surface area contributed by atoms with Gasteiger partial charge in [-0.1, -0.05) is 30.3 Å². The van der Waals surface area contributed by atoms with Crippen LogP contribution in [0.2, 0.25) is 0 Å². The number of benzene rings is 1. The molecular weight excluding hydrogens is 326 g/mol. The van der Waals surface area contributed by atoms with Crippen molar-refractivity contribution >= 4 is 21.7 Å². The first-order valence-electron chi connectivity index (χ1n) is 7.23. The minimum atomic E-state index is 0.923. The van der Waals surface area contributed by atoms with Gasteiger partial charge in [-0.25, -0.2) is 4.98 Å². The van der Waals surface area contributed by atoms with Crippen LogP contribution in [0.3, 0.4) is 0 Å². The van der Waals surface area contributed by atoms with Crippen molar-refractivity contribution in [1.29, 1.82) is 0 Å². The largest absolute Gasteiger partial charge is 0.369 e. The minimum Gasteiger partial charge on any atom is -0.369 e. The Morgan fingerprint density at radius 3 is 2.71 bits per heavy atom. The molecule has 2 aromatic rings. The lowest BCUT2D eigenvalue weighted by Crippen LogP contribution is -2.21. The van der Waals surface area contributed by atoms with Crippen molar-refractivity contribution in [1.82, 2.24) is 9.88 Å². The van der Waals surface area contributed by atoms with Crippen LogP contribution >= 0.6 is 15.9 Å². The molecule has 0 aliphatic heterocycles. The first-order valence-corrected chi connectivity index (χ1v) is 8.03. The second kappa shape index (κ2) is 8.15. The Labute approximate surface area is 135 Å². The second-order valence-corrected chi connectivity index (χ2v) is 6.20. The fourth-order valence-corrected chi connectivity index (χ4v) is 2.80. The van der Waals surface area contributed by atoms with Crippen molar-refractivity contribution in [2.45, 2.75) is 19.9 Å². The predicted octanol–water partition coefficient (Wildman–Crippen LogP) is 4.09. The topological polar surface area (TPSA) is 28.2 Å². The summed E-state index contributed by atoms with van der Waals surface area (Å²) in [5.41, 5.74) is 2.52. The van der Waals surface area contributed by atoms with E-state index in [1.165, 1.54) is 5.56 Å². The van der Waals surface area contributed by atoms with Crippen LogP contribution in [0, 0.1) is 6.92 Å². The van der Waals surface area contributed by atoms with Crippen LogP contribution < -0.4 is 5.32 Å². The molecule has 0 bridgehead atoms. The summed E-state index contributed by atoms with van der Waals surface area (Å²) in [7, 11) is 2.16. The van der Waals surface area contributed by atoms with Crippen molar-refractivity contribution < 1.29 is 0 Å².